The molecule has 0 saturated heterocycles. The summed E-state index contributed by atoms with van der Waals surface area (Å²) in [6.07, 6.45) is 2.59. The third-order valence-corrected chi connectivity index (χ3v) is 2.17. The second-order valence-electron chi connectivity index (χ2n) is 3.53. The molecule has 0 radical (unpaired) electrons. The van der Waals surface area contributed by atoms with Crippen molar-refractivity contribution in [2.24, 2.45) is 0 Å². The van der Waals surface area contributed by atoms with Crippen LogP contribution in [0.15, 0.2) is 24.3 Å². The Morgan fingerprint density at radius 1 is 1.36 bits per heavy atom. The van der Waals surface area contributed by atoms with Gasteiger partial charge in [0.15, 0.2) is 0 Å². The van der Waals surface area contributed by atoms with Crippen molar-refractivity contribution in [1.29, 1.82) is 0 Å². The lowest BCUT2D eigenvalue weighted by molar-refractivity contribution is -0.107. The Kier molecular flexibility index (Phi) is 4.33. The number of hydrogen-bond donors (Lipinski definition) is 1. The average Bonchev–Trinajstić information content (AvgIpc) is 2.16. The number of aldehydes is 1. The molecular weight excluding hydrogens is 176 g/mol. The monoisotopic (exact) mass is 192 g/mol. The van der Waals surface area contributed by atoms with E-state index < -0.39 is 0 Å². The highest BCUT2D eigenvalue weighted by Crippen LogP contribution is 2.12. The van der Waals surface area contributed by atoms with Crippen LogP contribution in [0.3, 0.4) is 0 Å². The van der Waals surface area contributed by atoms with Crippen LogP contribution in [-0.2, 0) is 17.6 Å². The van der Waals surface area contributed by atoms with Gasteiger partial charge >= 0.3 is 0 Å². The minimum absolute atomic E-state index is 0.326. The maximum Gasteiger partial charge on any atom is 0.120 e. The number of hydrogen-bond acceptors (Lipinski definition) is 2. The highest BCUT2D eigenvalue weighted by atomic mass is 16.3. The number of aryl methyl sites for hydroxylation is 1. The smallest absolute Gasteiger partial charge is 0.120 e. The topological polar surface area (TPSA) is 37.3 Å². The molecule has 14 heavy (non-hydrogen) atoms. The maximum atomic E-state index is 10.3. The summed E-state index contributed by atoms with van der Waals surface area (Å²) in [5.74, 6) is 0. The van der Waals surface area contributed by atoms with Gasteiger partial charge in [-0.15, -0.1) is 0 Å². The molecule has 1 rings (SSSR count). The van der Waals surface area contributed by atoms with Crippen LogP contribution in [0.1, 0.15) is 24.5 Å². The minimum atomic E-state index is -0.326. The molecule has 0 aliphatic rings. The van der Waals surface area contributed by atoms with Crippen molar-refractivity contribution in [3.05, 3.63) is 35.4 Å². The predicted molar refractivity (Wildman–Crippen MR) is 56.2 cm³/mol. The summed E-state index contributed by atoms with van der Waals surface area (Å²) in [6.45, 7) is 1.77. The predicted octanol–water partition coefficient (Wildman–Crippen LogP) is 1.74. The van der Waals surface area contributed by atoms with E-state index in [0.29, 0.717) is 12.8 Å². The lowest BCUT2D eigenvalue weighted by atomic mass is 9.99. The van der Waals surface area contributed by atoms with Crippen LogP contribution in [0.2, 0.25) is 0 Å². The van der Waals surface area contributed by atoms with Crippen molar-refractivity contribution >= 4 is 6.29 Å². The molecule has 2 heteroatoms. The highest BCUT2D eigenvalue weighted by Gasteiger charge is 2.04. The molecule has 0 spiro atoms. The lowest BCUT2D eigenvalue weighted by Gasteiger charge is -2.09. The Hall–Kier alpha value is -1.15. The van der Waals surface area contributed by atoms with Crippen LogP contribution in [-0.4, -0.2) is 17.5 Å². The minimum Gasteiger partial charge on any atom is -0.393 e. The van der Waals surface area contributed by atoms with Gasteiger partial charge in [-0.1, -0.05) is 24.3 Å². The molecule has 1 aromatic carbocycles. The van der Waals surface area contributed by atoms with Crippen molar-refractivity contribution in [2.75, 3.05) is 0 Å². The molecule has 0 bridgehead atoms. The van der Waals surface area contributed by atoms with Crippen LogP contribution in [0, 0.1) is 0 Å². The van der Waals surface area contributed by atoms with Crippen molar-refractivity contribution < 1.29 is 9.90 Å². The zero-order valence-corrected chi connectivity index (χ0v) is 8.44. The summed E-state index contributed by atoms with van der Waals surface area (Å²) in [6, 6.07) is 7.95. The van der Waals surface area contributed by atoms with E-state index in [1.165, 1.54) is 5.56 Å². The SMILES string of the molecule is CC(O)Cc1ccccc1CCC=O. The normalized spacial score (nSPS) is 12.4. The zero-order chi connectivity index (χ0) is 10.4. The fourth-order valence-electron chi connectivity index (χ4n) is 1.53. The first kappa shape index (κ1) is 10.9. The standard InChI is InChI=1S/C12H16O2/c1-10(14)9-12-6-3-2-5-11(12)7-4-8-13/h2-3,5-6,8,10,14H,4,7,9H2,1H3. The van der Waals surface area contributed by atoms with Gasteiger partial charge in [-0.25, -0.2) is 0 Å². The molecule has 2 nitrogen and oxygen atoms in total. The van der Waals surface area contributed by atoms with Crippen LogP contribution in [0.5, 0.6) is 0 Å². The quantitative estimate of drug-likeness (QED) is 0.721. The first-order valence-electron chi connectivity index (χ1n) is 4.92. The summed E-state index contributed by atoms with van der Waals surface area (Å²) in [7, 11) is 0. The van der Waals surface area contributed by atoms with Crippen molar-refractivity contribution in [2.45, 2.75) is 32.3 Å². The number of benzene rings is 1. The second-order valence-corrected chi connectivity index (χ2v) is 3.53. The second kappa shape index (κ2) is 5.55. The fourth-order valence-corrected chi connectivity index (χ4v) is 1.53. The van der Waals surface area contributed by atoms with Gasteiger partial charge in [-0.3, -0.25) is 0 Å². The Morgan fingerprint density at radius 3 is 2.57 bits per heavy atom. The average molecular weight is 192 g/mol. The van der Waals surface area contributed by atoms with Gasteiger partial charge < -0.3 is 9.90 Å². The molecule has 0 fully saturated rings. The Morgan fingerprint density at radius 2 is 2.00 bits per heavy atom. The van der Waals surface area contributed by atoms with E-state index in [1.54, 1.807) is 6.92 Å². The summed E-state index contributed by atoms with van der Waals surface area (Å²) in [4.78, 5) is 10.3. The van der Waals surface area contributed by atoms with Gasteiger partial charge in [0.05, 0.1) is 6.10 Å². The molecule has 0 aliphatic carbocycles. The molecule has 0 saturated carbocycles. The van der Waals surface area contributed by atoms with Crippen molar-refractivity contribution in [3.8, 4) is 0 Å². The number of aliphatic hydroxyl groups is 1. The molecule has 76 valence electrons. The summed E-state index contributed by atoms with van der Waals surface area (Å²) < 4.78 is 0. The Balaban J connectivity index is 2.74. The summed E-state index contributed by atoms with van der Waals surface area (Å²) in [5, 5.41) is 9.29. The van der Waals surface area contributed by atoms with E-state index in [2.05, 4.69) is 0 Å². The van der Waals surface area contributed by atoms with E-state index in [4.69, 9.17) is 0 Å². The van der Waals surface area contributed by atoms with Gasteiger partial charge in [-0.2, -0.15) is 0 Å². The van der Waals surface area contributed by atoms with E-state index in [1.807, 2.05) is 24.3 Å². The molecule has 1 atom stereocenters. The number of rotatable bonds is 5. The van der Waals surface area contributed by atoms with Crippen LogP contribution >= 0.6 is 0 Å². The fraction of sp³-hybridized carbons (Fsp3) is 0.417. The molecule has 0 amide bonds. The highest BCUT2D eigenvalue weighted by molar-refractivity contribution is 5.50. The molecule has 1 aromatic rings. The number of carbonyl (C=O) groups is 1. The van der Waals surface area contributed by atoms with E-state index in [0.717, 1.165) is 18.3 Å². The van der Waals surface area contributed by atoms with Gasteiger partial charge in [0.2, 0.25) is 0 Å². The number of aliphatic hydroxyl groups excluding tert-OH is 1. The van der Waals surface area contributed by atoms with Crippen LogP contribution in [0.25, 0.3) is 0 Å². The zero-order valence-electron chi connectivity index (χ0n) is 8.44. The third-order valence-electron chi connectivity index (χ3n) is 2.17. The van der Waals surface area contributed by atoms with E-state index >= 15 is 0 Å². The summed E-state index contributed by atoms with van der Waals surface area (Å²) >= 11 is 0. The Labute approximate surface area is 84.6 Å². The van der Waals surface area contributed by atoms with Crippen LogP contribution < -0.4 is 0 Å². The van der Waals surface area contributed by atoms with E-state index in [-0.39, 0.29) is 6.10 Å². The third kappa shape index (κ3) is 3.30. The molecule has 0 aromatic heterocycles. The van der Waals surface area contributed by atoms with Gasteiger partial charge in [0, 0.05) is 6.42 Å². The first-order valence-corrected chi connectivity index (χ1v) is 4.92. The Bertz CT molecular complexity index is 292. The van der Waals surface area contributed by atoms with Crippen LogP contribution in [0.4, 0.5) is 0 Å². The molecule has 1 N–H and O–H groups in total. The van der Waals surface area contributed by atoms with Gasteiger partial charge in [0.1, 0.15) is 6.29 Å². The molecular formula is C12H16O2. The van der Waals surface area contributed by atoms with Crippen molar-refractivity contribution in [3.63, 3.8) is 0 Å². The summed E-state index contributed by atoms with van der Waals surface area (Å²) in [5.41, 5.74) is 2.31. The molecule has 1 unspecified atom stereocenters. The lowest BCUT2D eigenvalue weighted by Crippen LogP contribution is -2.06. The van der Waals surface area contributed by atoms with Gasteiger partial charge in [-0.05, 0) is 30.9 Å². The largest absolute Gasteiger partial charge is 0.393 e. The number of carbonyl (C=O) groups excluding carboxylic acids is 1. The molecule has 0 aliphatic heterocycles. The van der Waals surface area contributed by atoms with Crippen molar-refractivity contribution in [1.82, 2.24) is 0 Å². The van der Waals surface area contributed by atoms with E-state index in [9.17, 15) is 9.90 Å². The first-order chi connectivity index (χ1) is 6.74. The molecule has 0 heterocycles. The maximum absolute atomic E-state index is 10.3. The van der Waals surface area contributed by atoms with Gasteiger partial charge in [0.25, 0.3) is 0 Å².